The van der Waals surface area contributed by atoms with Crippen molar-refractivity contribution in [2.24, 2.45) is 0 Å². The molecule has 3 rings (SSSR count). The van der Waals surface area contributed by atoms with Crippen LogP contribution in [-0.2, 0) is 19.3 Å². The average Bonchev–Trinajstić information content (AvgIpc) is 2.56. The molecule has 0 saturated carbocycles. The van der Waals surface area contributed by atoms with E-state index in [4.69, 9.17) is 4.42 Å². The Bertz CT molecular complexity index is 357. The summed E-state index contributed by atoms with van der Waals surface area (Å²) < 4.78 is 5.88. The molecule has 1 aromatic rings. The Morgan fingerprint density at radius 3 is 2.92 bits per heavy atom. The van der Waals surface area contributed by atoms with Gasteiger partial charge in [-0.05, 0) is 25.7 Å². The molecule has 2 aliphatic carbocycles. The van der Waals surface area contributed by atoms with Gasteiger partial charge in [0.15, 0.2) is 0 Å². The molecule has 13 heavy (non-hydrogen) atoms. The predicted molar refractivity (Wildman–Crippen MR) is 52.7 cm³/mol. The van der Waals surface area contributed by atoms with Gasteiger partial charge in [0, 0.05) is 24.0 Å². The van der Waals surface area contributed by atoms with Crippen molar-refractivity contribution >= 4 is 6.08 Å². The second kappa shape index (κ2) is 2.76. The van der Waals surface area contributed by atoms with Crippen LogP contribution < -0.4 is 0 Å². The molecule has 1 nitrogen and oxygen atoms in total. The van der Waals surface area contributed by atoms with Crippen LogP contribution in [0.2, 0.25) is 0 Å². The first-order valence-corrected chi connectivity index (χ1v) is 5.25. The molecule has 0 spiro atoms. The average molecular weight is 174 g/mol. The summed E-state index contributed by atoms with van der Waals surface area (Å²) in [6.45, 7) is 0. The normalized spacial score (nSPS) is 19.7. The number of furan rings is 1. The molecule has 0 amide bonds. The van der Waals surface area contributed by atoms with E-state index in [2.05, 4.69) is 12.2 Å². The van der Waals surface area contributed by atoms with Crippen LogP contribution in [0.1, 0.15) is 41.9 Å². The Morgan fingerprint density at radius 1 is 1.00 bits per heavy atom. The molecule has 0 radical (unpaired) electrons. The summed E-state index contributed by atoms with van der Waals surface area (Å²) in [7, 11) is 0. The molecule has 1 heterocycles. The first kappa shape index (κ1) is 7.43. The lowest BCUT2D eigenvalue weighted by molar-refractivity contribution is 0.443. The molecule has 0 atom stereocenters. The third-order valence-electron chi connectivity index (χ3n) is 3.11. The minimum atomic E-state index is 1.11. The molecule has 0 aliphatic heterocycles. The number of aryl methyl sites for hydroxylation is 2. The molecule has 0 fully saturated rings. The van der Waals surface area contributed by atoms with Gasteiger partial charge in [0.25, 0.3) is 0 Å². The predicted octanol–water partition coefficient (Wildman–Crippen LogP) is 3.12. The second-order valence-corrected chi connectivity index (χ2v) is 3.99. The Balaban J connectivity index is 2.16. The summed E-state index contributed by atoms with van der Waals surface area (Å²) in [6.07, 6.45) is 11.8. The van der Waals surface area contributed by atoms with Gasteiger partial charge in [0.2, 0.25) is 0 Å². The zero-order chi connectivity index (χ0) is 8.67. The Kier molecular flexibility index (Phi) is 1.58. The first-order valence-electron chi connectivity index (χ1n) is 5.25. The van der Waals surface area contributed by atoms with E-state index in [0.717, 1.165) is 19.3 Å². The van der Waals surface area contributed by atoms with Crippen molar-refractivity contribution in [1.82, 2.24) is 0 Å². The molecule has 0 saturated heterocycles. The number of rotatable bonds is 0. The van der Waals surface area contributed by atoms with E-state index >= 15 is 0 Å². The third kappa shape index (κ3) is 1.06. The van der Waals surface area contributed by atoms with E-state index in [0.29, 0.717) is 0 Å². The van der Waals surface area contributed by atoms with Crippen molar-refractivity contribution in [3.05, 3.63) is 28.7 Å². The smallest absolute Gasteiger partial charge is 0.111 e. The van der Waals surface area contributed by atoms with Crippen molar-refractivity contribution < 1.29 is 4.42 Å². The number of hydrogen-bond donors (Lipinski definition) is 0. The maximum atomic E-state index is 5.88. The van der Waals surface area contributed by atoms with Crippen LogP contribution in [0.5, 0.6) is 0 Å². The minimum Gasteiger partial charge on any atom is -0.465 e. The lowest BCUT2D eigenvalue weighted by Gasteiger charge is -2.09. The Hall–Kier alpha value is -0.980. The molecular weight excluding hydrogens is 160 g/mol. The van der Waals surface area contributed by atoms with Gasteiger partial charge in [0.05, 0.1) is 0 Å². The van der Waals surface area contributed by atoms with Crippen molar-refractivity contribution in [1.29, 1.82) is 0 Å². The van der Waals surface area contributed by atoms with Crippen LogP contribution in [0.25, 0.3) is 6.08 Å². The van der Waals surface area contributed by atoms with Gasteiger partial charge in [-0.2, -0.15) is 0 Å². The molecular formula is C12H14O. The molecule has 2 aliphatic rings. The quantitative estimate of drug-likeness (QED) is 0.589. The summed E-state index contributed by atoms with van der Waals surface area (Å²) in [5.74, 6) is 2.53. The lowest BCUT2D eigenvalue weighted by Crippen LogP contribution is -2.00. The van der Waals surface area contributed by atoms with Gasteiger partial charge in [-0.25, -0.2) is 0 Å². The molecule has 0 unspecified atom stereocenters. The molecule has 0 N–H and O–H groups in total. The lowest BCUT2D eigenvalue weighted by atomic mass is 9.92. The second-order valence-electron chi connectivity index (χ2n) is 3.99. The third-order valence-corrected chi connectivity index (χ3v) is 3.11. The topological polar surface area (TPSA) is 13.1 Å². The summed E-state index contributed by atoms with van der Waals surface area (Å²) in [5, 5.41) is 0. The molecule has 1 aromatic heterocycles. The van der Waals surface area contributed by atoms with E-state index in [-0.39, 0.29) is 0 Å². The van der Waals surface area contributed by atoms with Gasteiger partial charge in [-0.3, -0.25) is 0 Å². The highest BCUT2D eigenvalue weighted by molar-refractivity contribution is 5.59. The van der Waals surface area contributed by atoms with Gasteiger partial charge < -0.3 is 4.42 Å². The number of hydrogen-bond acceptors (Lipinski definition) is 1. The van der Waals surface area contributed by atoms with Crippen molar-refractivity contribution in [2.45, 2.75) is 38.5 Å². The van der Waals surface area contributed by atoms with Crippen molar-refractivity contribution in [3.63, 3.8) is 0 Å². The summed E-state index contributed by atoms with van der Waals surface area (Å²) in [6, 6.07) is 0. The van der Waals surface area contributed by atoms with Crippen LogP contribution in [-0.4, -0.2) is 0 Å². The van der Waals surface area contributed by atoms with Crippen LogP contribution in [0, 0.1) is 0 Å². The fourth-order valence-electron chi connectivity index (χ4n) is 2.44. The van der Waals surface area contributed by atoms with Crippen LogP contribution >= 0.6 is 0 Å². The van der Waals surface area contributed by atoms with E-state index in [9.17, 15) is 0 Å². The van der Waals surface area contributed by atoms with Crippen molar-refractivity contribution in [2.75, 3.05) is 0 Å². The molecule has 1 heteroatoms. The van der Waals surface area contributed by atoms with E-state index in [1.165, 1.54) is 41.9 Å². The maximum absolute atomic E-state index is 5.88. The van der Waals surface area contributed by atoms with Gasteiger partial charge >= 0.3 is 0 Å². The maximum Gasteiger partial charge on any atom is 0.111 e. The summed E-state index contributed by atoms with van der Waals surface area (Å²) in [5.41, 5.74) is 2.93. The Labute approximate surface area is 78.4 Å². The van der Waals surface area contributed by atoms with Gasteiger partial charge in [-0.15, -0.1) is 0 Å². The van der Waals surface area contributed by atoms with Crippen LogP contribution in [0.15, 0.2) is 10.5 Å². The Morgan fingerprint density at radius 2 is 1.92 bits per heavy atom. The van der Waals surface area contributed by atoms with Crippen LogP contribution in [0.3, 0.4) is 0 Å². The fraction of sp³-hybridized carbons (Fsp3) is 0.500. The van der Waals surface area contributed by atoms with Gasteiger partial charge in [-0.1, -0.05) is 12.2 Å². The first-order chi connectivity index (χ1) is 6.45. The minimum absolute atomic E-state index is 1.11. The van der Waals surface area contributed by atoms with E-state index in [1.807, 2.05) is 0 Å². The largest absolute Gasteiger partial charge is 0.465 e. The highest BCUT2D eigenvalue weighted by Gasteiger charge is 2.21. The molecule has 0 aromatic carbocycles. The van der Waals surface area contributed by atoms with Gasteiger partial charge in [0.1, 0.15) is 11.5 Å². The monoisotopic (exact) mass is 174 g/mol. The van der Waals surface area contributed by atoms with Crippen LogP contribution in [0.4, 0.5) is 0 Å². The van der Waals surface area contributed by atoms with E-state index < -0.39 is 0 Å². The summed E-state index contributed by atoms with van der Waals surface area (Å²) >= 11 is 0. The zero-order valence-electron chi connectivity index (χ0n) is 7.81. The highest BCUT2D eigenvalue weighted by Crippen LogP contribution is 2.33. The summed E-state index contributed by atoms with van der Waals surface area (Å²) in [4.78, 5) is 0. The van der Waals surface area contributed by atoms with Crippen molar-refractivity contribution in [3.8, 4) is 0 Å². The molecule has 0 bridgehead atoms. The standard InChI is InChI=1S/C12H14O/c1-3-7-11-9(5-1)10-6-2-4-8-12(10)13-11/h1,5H,2-4,6-8H2. The van der Waals surface area contributed by atoms with E-state index in [1.54, 1.807) is 0 Å². The zero-order valence-corrected chi connectivity index (χ0v) is 7.81. The highest BCUT2D eigenvalue weighted by atomic mass is 16.3. The fourth-order valence-corrected chi connectivity index (χ4v) is 2.44. The number of allylic oxidation sites excluding steroid dienone is 1. The molecule has 68 valence electrons. The number of fused-ring (bicyclic) bond motifs is 3. The SMILES string of the molecule is C1=Cc2c(oc3c2CCCC3)CC1.